The number of ether oxygens (including phenoxy) is 3. The predicted octanol–water partition coefficient (Wildman–Crippen LogP) is 5.26. The molecule has 8 heteroatoms. The Morgan fingerprint density at radius 2 is 1.93 bits per heavy atom. The number of hydrogen-bond donors (Lipinski definition) is 1. The number of ketones is 1. The van der Waals surface area contributed by atoms with E-state index in [4.69, 9.17) is 25.8 Å². The van der Waals surface area contributed by atoms with Crippen molar-refractivity contribution in [1.29, 1.82) is 0 Å². The van der Waals surface area contributed by atoms with Gasteiger partial charge < -0.3 is 19.3 Å². The summed E-state index contributed by atoms with van der Waals surface area (Å²) in [7, 11) is 2.99. The minimum Gasteiger partial charge on any atom is -0.507 e. The first kappa shape index (κ1) is 25.5. The third-order valence-corrected chi connectivity index (χ3v) is 4.23. The van der Waals surface area contributed by atoms with Crippen LogP contribution < -0.4 is 9.47 Å². The molecule has 0 saturated heterocycles. The monoisotopic (exact) mass is 453 g/mol. The van der Waals surface area contributed by atoms with E-state index in [1.165, 1.54) is 44.8 Å². The van der Waals surface area contributed by atoms with Crippen LogP contribution in [0.5, 0.6) is 17.2 Å². The van der Waals surface area contributed by atoms with Crippen molar-refractivity contribution in [3.05, 3.63) is 64.0 Å². The maximum absolute atomic E-state index is 12.4. The van der Waals surface area contributed by atoms with Crippen molar-refractivity contribution in [3.8, 4) is 17.2 Å². The topological polar surface area (TPSA) is 77.9 Å². The zero-order chi connectivity index (χ0) is 21.4. The summed E-state index contributed by atoms with van der Waals surface area (Å²) in [4.78, 5) is 16.3. The van der Waals surface area contributed by atoms with Gasteiger partial charge in [0.25, 0.3) is 0 Å². The number of phenolic OH excluding ortho intramolecular Hbond substituents is 1. The van der Waals surface area contributed by atoms with Gasteiger partial charge in [-0.3, -0.25) is 9.78 Å². The second-order valence-corrected chi connectivity index (χ2v) is 6.88. The van der Waals surface area contributed by atoms with Gasteiger partial charge in [0.2, 0.25) is 0 Å². The number of carbonyl (C=O) groups is 1. The highest BCUT2D eigenvalue weighted by molar-refractivity contribution is 6.30. The first-order valence-electron chi connectivity index (χ1n) is 8.88. The third kappa shape index (κ3) is 6.76. The van der Waals surface area contributed by atoms with Crippen LogP contribution in [0, 0.1) is 0 Å². The van der Waals surface area contributed by atoms with Gasteiger partial charge in [-0.25, -0.2) is 0 Å². The standard InChI is InChI=1S/C22H24ClNO5.ClH/c1-14(2)5-6-18-21(29-13-27-3)10-20(28-4)17(22(18)26)7-8-19(25)15-9-16(23)12-24-11-15;/h5,7-12,26H,6,13H2,1-4H3;1H. The van der Waals surface area contributed by atoms with Crippen LogP contribution in [-0.2, 0) is 11.2 Å². The Balaban J connectivity index is 0.00000450. The van der Waals surface area contributed by atoms with E-state index in [1.807, 2.05) is 19.9 Å². The summed E-state index contributed by atoms with van der Waals surface area (Å²) in [5.41, 5.74) is 2.38. The minimum atomic E-state index is -0.299. The van der Waals surface area contributed by atoms with Gasteiger partial charge in [0, 0.05) is 36.7 Å². The van der Waals surface area contributed by atoms with Crippen LogP contribution in [0.3, 0.4) is 0 Å². The maximum atomic E-state index is 12.4. The molecule has 0 aliphatic carbocycles. The Morgan fingerprint density at radius 3 is 2.53 bits per heavy atom. The number of carbonyl (C=O) groups excluding carboxylic acids is 1. The molecule has 0 radical (unpaired) electrons. The largest absolute Gasteiger partial charge is 0.507 e. The number of halogens is 2. The van der Waals surface area contributed by atoms with E-state index in [0.29, 0.717) is 39.6 Å². The number of aromatic nitrogens is 1. The molecule has 0 unspecified atom stereocenters. The molecule has 1 heterocycles. The van der Waals surface area contributed by atoms with Crippen LogP contribution in [0.4, 0.5) is 0 Å². The smallest absolute Gasteiger partial charge is 0.188 e. The van der Waals surface area contributed by atoms with Gasteiger partial charge in [0.1, 0.15) is 17.2 Å². The van der Waals surface area contributed by atoms with Crippen LogP contribution in [0.2, 0.25) is 5.02 Å². The summed E-state index contributed by atoms with van der Waals surface area (Å²) >= 11 is 5.89. The van der Waals surface area contributed by atoms with Crippen molar-refractivity contribution in [2.45, 2.75) is 20.3 Å². The van der Waals surface area contributed by atoms with Gasteiger partial charge >= 0.3 is 0 Å². The summed E-state index contributed by atoms with van der Waals surface area (Å²) in [6, 6.07) is 3.19. The molecule has 1 N–H and O–H groups in total. The highest BCUT2D eigenvalue weighted by atomic mass is 35.5. The van der Waals surface area contributed by atoms with Gasteiger partial charge in [0.15, 0.2) is 12.6 Å². The molecule has 0 bridgehead atoms. The molecule has 0 aliphatic heterocycles. The van der Waals surface area contributed by atoms with E-state index < -0.39 is 0 Å². The van der Waals surface area contributed by atoms with Crippen molar-refractivity contribution in [3.63, 3.8) is 0 Å². The fourth-order valence-corrected chi connectivity index (χ4v) is 2.74. The maximum Gasteiger partial charge on any atom is 0.188 e. The molecule has 30 heavy (non-hydrogen) atoms. The summed E-state index contributed by atoms with van der Waals surface area (Å²) in [5.74, 6) is 0.484. The quantitative estimate of drug-likeness (QED) is 0.241. The lowest BCUT2D eigenvalue weighted by Crippen LogP contribution is -2.04. The molecular weight excluding hydrogens is 429 g/mol. The van der Waals surface area contributed by atoms with Crippen molar-refractivity contribution < 1.29 is 24.1 Å². The first-order valence-corrected chi connectivity index (χ1v) is 9.26. The van der Waals surface area contributed by atoms with Gasteiger partial charge in [-0.05, 0) is 38.5 Å². The molecule has 0 saturated carbocycles. The van der Waals surface area contributed by atoms with E-state index in [2.05, 4.69) is 4.98 Å². The number of pyridine rings is 1. The van der Waals surface area contributed by atoms with E-state index in [9.17, 15) is 9.90 Å². The average molecular weight is 454 g/mol. The molecule has 2 rings (SSSR count). The molecule has 2 aromatic rings. The summed E-state index contributed by atoms with van der Waals surface area (Å²) in [6.45, 7) is 3.96. The van der Waals surface area contributed by atoms with Crippen molar-refractivity contribution in [2.75, 3.05) is 21.0 Å². The van der Waals surface area contributed by atoms with E-state index in [-0.39, 0.29) is 30.7 Å². The SMILES string of the molecule is COCOc1cc(OC)c(C=CC(=O)c2cncc(Cl)c2)c(O)c1CC=C(C)C.Cl. The lowest BCUT2D eigenvalue weighted by Gasteiger charge is -2.16. The van der Waals surface area contributed by atoms with Gasteiger partial charge in [-0.1, -0.05) is 23.3 Å². The average Bonchev–Trinajstić information content (AvgIpc) is 2.69. The van der Waals surface area contributed by atoms with Crippen molar-refractivity contribution in [1.82, 2.24) is 4.98 Å². The third-order valence-electron chi connectivity index (χ3n) is 4.02. The van der Waals surface area contributed by atoms with Crippen molar-refractivity contribution in [2.24, 2.45) is 0 Å². The normalized spacial score (nSPS) is 10.4. The fraction of sp³-hybridized carbons (Fsp3) is 0.273. The predicted molar refractivity (Wildman–Crippen MR) is 120 cm³/mol. The Hall–Kier alpha value is -2.54. The van der Waals surface area contributed by atoms with Crippen LogP contribution in [0.15, 0.2) is 42.3 Å². The number of hydrogen-bond acceptors (Lipinski definition) is 6. The molecule has 1 aromatic carbocycles. The van der Waals surface area contributed by atoms with Crippen LogP contribution in [0.1, 0.15) is 35.3 Å². The van der Waals surface area contributed by atoms with Crippen LogP contribution in [0.25, 0.3) is 6.08 Å². The first-order chi connectivity index (χ1) is 13.9. The highest BCUT2D eigenvalue weighted by Crippen LogP contribution is 2.40. The molecule has 6 nitrogen and oxygen atoms in total. The van der Waals surface area contributed by atoms with Crippen molar-refractivity contribution >= 4 is 35.9 Å². The van der Waals surface area contributed by atoms with Gasteiger partial charge in [-0.15, -0.1) is 12.4 Å². The Bertz CT molecular complexity index is 937. The number of benzene rings is 1. The lowest BCUT2D eigenvalue weighted by molar-refractivity contribution is 0.0502. The summed E-state index contributed by atoms with van der Waals surface area (Å²) in [6.07, 6.45) is 8.14. The Morgan fingerprint density at radius 1 is 1.20 bits per heavy atom. The van der Waals surface area contributed by atoms with E-state index in [1.54, 1.807) is 6.07 Å². The number of nitrogens with zero attached hydrogens (tertiary/aromatic N) is 1. The second kappa shape index (κ2) is 12.2. The Labute approximate surface area is 187 Å². The number of rotatable bonds is 9. The molecule has 162 valence electrons. The van der Waals surface area contributed by atoms with E-state index >= 15 is 0 Å². The van der Waals surface area contributed by atoms with Crippen LogP contribution in [-0.4, -0.2) is 36.9 Å². The zero-order valence-electron chi connectivity index (χ0n) is 17.3. The summed E-state index contributed by atoms with van der Waals surface area (Å²) < 4.78 is 16.0. The number of methoxy groups -OCH3 is 2. The van der Waals surface area contributed by atoms with Gasteiger partial charge in [-0.2, -0.15) is 0 Å². The van der Waals surface area contributed by atoms with E-state index in [0.717, 1.165) is 5.57 Å². The molecule has 0 atom stereocenters. The molecule has 0 amide bonds. The molecule has 0 fully saturated rings. The summed E-state index contributed by atoms with van der Waals surface area (Å²) in [5, 5.41) is 11.3. The number of aromatic hydroxyl groups is 1. The fourth-order valence-electron chi connectivity index (χ4n) is 2.57. The molecular formula is C22H25Cl2NO5. The zero-order valence-corrected chi connectivity index (χ0v) is 18.8. The van der Waals surface area contributed by atoms with Crippen LogP contribution >= 0.6 is 24.0 Å². The lowest BCUT2D eigenvalue weighted by atomic mass is 10.0. The Kier molecular flexibility index (Phi) is 10.4. The molecule has 0 spiro atoms. The number of phenols is 1. The molecule has 1 aromatic heterocycles. The minimum absolute atomic E-state index is 0. The number of allylic oxidation sites excluding steroid dienone is 3. The molecule has 0 aliphatic rings. The highest BCUT2D eigenvalue weighted by Gasteiger charge is 2.18. The second-order valence-electron chi connectivity index (χ2n) is 6.44. The van der Waals surface area contributed by atoms with Gasteiger partial charge in [0.05, 0.1) is 17.7 Å².